The second kappa shape index (κ2) is 8.06. The van der Waals surface area contributed by atoms with Crippen molar-refractivity contribution < 1.29 is 0 Å². The Morgan fingerprint density at radius 3 is 2.41 bits per heavy atom. The van der Waals surface area contributed by atoms with E-state index in [1.165, 1.54) is 0 Å². The predicted octanol–water partition coefficient (Wildman–Crippen LogP) is 4.98. The third kappa shape index (κ3) is 4.44. The molecular formula is C20H19N7. The van der Waals surface area contributed by atoms with Gasteiger partial charge in [-0.25, -0.2) is 10.5 Å². The van der Waals surface area contributed by atoms with Gasteiger partial charge >= 0.3 is 0 Å². The van der Waals surface area contributed by atoms with Crippen LogP contribution in [0.5, 0.6) is 0 Å². The Kier molecular flexibility index (Phi) is 5.38. The SMILES string of the molecule is Cc1cc(CN=N)cc(C)c1Nc1ccnc(Nc2ccc(C#N)cc2)n1. The van der Waals surface area contributed by atoms with Gasteiger partial charge in [0.25, 0.3) is 0 Å². The highest BCUT2D eigenvalue weighted by Gasteiger charge is 2.08. The maximum Gasteiger partial charge on any atom is 0.229 e. The average Bonchev–Trinajstić information content (AvgIpc) is 2.66. The number of hydrogen-bond acceptors (Lipinski definition) is 7. The van der Waals surface area contributed by atoms with Gasteiger partial charge in [0, 0.05) is 17.6 Å². The van der Waals surface area contributed by atoms with Crippen molar-refractivity contribution in [3.05, 3.63) is 70.9 Å². The highest BCUT2D eigenvalue weighted by molar-refractivity contribution is 5.66. The van der Waals surface area contributed by atoms with Crippen molar-refractivity contribution >= 4 is 23.1 Å². The fourth-order valence-electron chi connectivity index (χ4n) is 2.81. The smallest absolute Gasteiger partial charge is 0.229 e. The normalized spacial score (nSPS) is 10.1. The third-order valence-electron chi connectivity index (χ3n) is 4.03. The number of nitriles is 1. The van der Waals surface area contributed by atoms with E-state index in [1.54, 1.807) is 24.4 Å². The highest BCUT2D eigenvalue weighted by atomic mass is 15.1. The number of rotatable bonds is 6. The molecule has 27 heavy (non-hydrogen) atoms. The first kappa shape index (κ1) is 18.0. The molecule has 3 rings (SSSR count). The number of nitrogens with zero attached hydrogens (tertiary/aromatic N) is 4. The Bertz CT molecular complexity index is 981. The predicted molar refractivity (Wildman–Crippen MR) is 105 cm³/mol. The molecule has 0 bridgehead atoms. The lowest BCUT2D eigenvalue weighted by atomic mass is 10.0. The van der Waals surface area contributed by atoms with Gasteiger partial charge in [-0.1, -0.05) is 12.1 Å². The van der Waals surface area contributed by atoms with E-state index in [4.69, 9.17) is 10.8 Å². The van der Waals surface area contributed by atoms with Crippen LogP contribution in [0.15, 0.2) is 53.8 Å². The molecule has 1 heterocycles. The average molecular weight is 357 g/mol. The quantitative estimate of drug-likeness (QED) is 0.539. The van der Waals surface area contributed by atoms with Gasteiger partial charge in [-0.2, -0.15) is 15.4 Å². The first-order chi connectivity index (χ1) is 13.1. The molecule has 0 aliphatic heterocycles. The van der Waals surface area contributed by atoms with Crippen molar-refractivity contribution in [2.45, 2.75) is 20.4 Å². The number of anilines is 4. The van der Waals surface area contributed by atoms with Crippen molar-refractivity contribution in [3.8, 4) is 6.07 Å². The number of aromatic nitrogens is 2. The zero-order chi connectivity index (χ0) is 19.2. The molecule has 0 atom stereocenters. The van der Waals surface area contributed by atoms with Crippen molar-refractivity contribution in [3.63, 3.8) is 0 Å². The molecule has 7 nitrogen and oxygen atoms in total. The fourth-order valence-corrected chi connectivity index (χ4v) is 2.81. The van der Waals surface area contributed by atoms with Gasteiger partial charge < -0.3 is 10.6 Å². The summed E-state index contributed by atoms with van der Waals surface area (Å²) in [6, 6.07) is 15.0. The van der Waals surface area contributed by atoms with Crippen LogP contribution in [0.2, 0.25) is 0 Å². The Balaban J connectivity index is 1.79. The van der Waals surface area contributed by atoms with Gasteiger partial charge in [-0.15, -0.1) is 0 Å². The minimum Gasteiger partial charge on any atom is -0.340 e. The molecule has 0 aliphatic carbocycles. The zero-order valence-corrected chi connectivity index (χ0v) is 15.1. The Morgan fingerprint density at radius 1 is 1.07 bits per heavy atom. The molecule has 0 radical (unpaired) electrons. The maximum absolute atomic E-state index is 8.87. The molecule has 0 saturated heterocycles. The lowest BCUT2D eigenvalue weighted by Gasteiger charge is -2.14. The zero-order valence-electron chi connectivity index (χ0n) is 15.1. The second-order valence-electron chi connectivity index (χ2n) is 6.13. The molecule has 0 fully saturated rings. The lowest BCUT2D eigenvalue weighted by Crippen LogP contribution is -2.03. The number of benzene rings is 2. The molecule has 0 saturated carbocycles. The van der Waals surface area contributed by atoms with Gasteiger partial charge in [-0.3, -0.25) is 0 Å². The van der Waals surface area contributed by atoms with Crippen LogP contribution in [0.1, 0.15) is 22.3 Å². The lowest BCUT2D eigenvalue weighted by molar-refractivity contribution is 0.905. The minimum absolute atomic E-state index is 0.383. The summed E-state index contributed by atoms with van der Waals surface area (Å²) in [7, 11) is 0. The Labute approximate surface area is 157 Å². The van der Waals surface area contributed by atoms with E-state index in [0.29, 0.717) is 23.9 Å². The van der Waals surface area contributed by atoms with Gasteiger partial charge in [-0.05, 0) is 60.9 Å². The van der Waals surface area contributed by atoms with Crippen LogP contribution >= 0.6 is 0 Å². The van der Waals surface area contributed by atoms with Gasteiger partial charge in [0.05, 0.1) is 18.2 Å². The molecule has 2 aromatic carbocycles. The van der Waals surface area contributed by atoms with Crippen LogP contribution < -0.4 is 10.6 Å². The van der Waals surface area contributed by atoms with Crippen LogP contribution in [-0.2, 0) is 6.54 Å². The first-order valence-corrected chi connectivity index (χ1v) is 8.39. The number of aryl methyl sites for hydroxylation is 2. The van der Waals surface area contributed by atoms with E-state index in [9.17, 15) is 0 Å². The summed E-state index contributed by atoms with van der Waals surface area (Å²) < 4.78 is 0. The van der Waals surface area contributed by atoms with Gasteiger partial charge in [0.15, 0.2) is 0 Å². The summed E-state index contributed by atoms with van der Waals surface area (Å²) in [4.78, 5) is 8.74. The standard InChI is InChI=1S/C20H19N7/c1-13-9-16(12-24-22)10-14(2)19(13)26-18-7-8-23-20(27-18)25-17-5-3-15(11-21)4-6-17/h3-10,22H,12H2,1-2H3,(H2,23,25,26,27). The molecule has 3 aromatic rings. The summed E-state index contributed by atoms with van der Waals surface area (Å²) in [6.45, 7) is 4.41. The van der Waals surface area contributed by atoms with Crippen molar-refractivity contribution in [2.75, 3.05) is 10.6 Å². The van der Waals surface area contributed by atoms with E-state index in [-0.39, 0.29) is 0 Å². The van der Waals surface area contributed by atoms with Gasteiger partial charge in [0.1, 0.15) is 5.82 Å². The molecule has 0 unspecified atom stereocenters. The maximum atomic E-state index is 8.87. The molecule has 3 N–H and O–H groups in total. The largest absolute Gasteiger partial charge is 0.340 e. The van der Waals surface area contributed by atoms with Crippen LogP contribution in [-0.4, -0.2) is 9.97 Å². The number of hydrogen-bond donors (Lipinski definition) is 3. The van der Waals surface area contributed by atoms with Crippen LogP contribution in [0.25, 0.3) is 0 Å². The molecule has 134 valence electrons. The van der Waals surface area contributed by atoms with E-state index in [2.05, 4.69) is 31.8 Å². The summed E-state index contributed by atoms with van der Waals surface area (Å²) in [5.41, 5.74) is 12.5. The molecule has 0 aliphatic rings. The van der Waals surface area contributed by atoms with E-state index in [1.807, 2.05) is 38.1 Å². The van der Waals surface area contributed by atoms with Crippen molar-refractivity contribution in [1.29, 1.82) is 10.8 Å². The van der Waals surface area contributed by atoms with Crippen molar-refractivity contribution in [2.24, 2.45) is 5.11 Å². The van der Waals surface area contributed by atoms with E-state index in [0.717, 1.165) is 28.1 Å². The summed E-state index contributed by atoms with van der Waals surface area (Å²) in [6.07, 6.45) is 1.68. The van der Waals surface area contributed by atoms with Crippen molar-refractivity contribution in [1.82, 2.24) is 9.97 Å². The molecule has 1 aromatic heterocycles. The monoisotopic (exact) mass is 357 g/mol. The van der Waals surface area contributed by atoms with Crippen LogP contribution in [0.4, 0.5) is 23.1 Å². The molecule has 0 spiro atoms. The summed E-state index contributed by atoms with van der Waals surface area (Å²) in [5, 5.41) is 18.8. The Hall–Kier alpha value is -3.79. The minimum atomic E-state index is 0.383. The summed E-state index contributed by atoms with van der Waals surface area (Å²) in [5.74, 6) is 1.13. The van der Waals surface area contributed by atoms with E-state index >= 15 is 0 Å². The third-order valence-corrected chi connectivity index (χ3v) is 4.03. The van der Waals surface area contributed by atoms with Gasteiger partial charge in [0.2, 0.25) is 5.95 Å². The highest BCUT2D eigenvalue weighted by Crippen LogP contribution is 2.26. The molecular weight excluding hydrogens is 338 g/mol. The number of nitrogens with one attached hydrogen (secondary N) is 3. The summed E-state index contributed by atoms with van der Waals surface area (Å²) >= 11 is 0. The molecule has 7 heteroatoms. The second-order valence-corrected chi connectivity index (χ2v) is 6.13. The molecule has 0 amide bonds. The van der Waals surface area contributed by atoms with Crippen LogP contribution in [0.3, 0.4) is 0 Å². The fraction of sp³-hybridized carbons (Fsp3) is 0.150. The van der Waals surface area contributed by atoms with Crippen LogP contribution in [0, 0.1) is 30.7 Å². The van der Waals surface area contributed by atoms with E-state index < -0.39 is 0 Å². The topological polar surface area (TPSA) is 110 Å². The Morgan fingerprint density at radius 2 is 1.78 bits per heavy atom. The first-order valence-electron chi connectivity index (χ1n) is 8.39.